The molecule has 1 aliphatic carbocycles. The van der Waals surface area contributed by atoms with Crippen molar-refractivity contribution >= 4 is 16.1 Å². The van der Waals surface area contributed by atoms with Crippen LogP contribution in [0.25, 0.3) is 0 Å². The van der Waals surface area contributed by atoms with Crippen LogP contribution in [0.2, 0.25) is 0 Å². The molecule has 0 bridgehead atoms. The highest BCUT2D eigenvalue weighted by molar-refractivity contribution is 7.89. The summed E-state index contributed by atoms with van der Waals surface area (Å²) in [5, 5.41) is 0. The van der Waals surface area contributed by atoms with E-state index in [9.17, 15) is 13.2 Å². The predicted molar refractivity (Wildman–Crippen MR) is 61.4 cm³/mol. The van der Waals surface area contributed by atoms with E-state index in [4.69, 9.17) is 0 Å². The number of sulfonamides is 1. The fourth-order valence-corrected chi connectivity index (χ4v) is 3.35. The molecule has 0 radical (unpaired) electrons. The number of nitrogens with zero attached hydrogens (tertiary/aromatic N) is 2. The Balaban J connectivity index is 2.91. The molecule has 0 aromatic rings. The average molecular weight is 246 g/mol. The molecule has 1 aliphatic rings. The Kier molecular flexibility index (Phi) is 4.24. The summed E-state index contributed by atoms with van der Waals surface area (Å²) in [5.41, 5.74) is -0.733. The Morgan fingerprint density at radius 2 is 1.81 bits per heavy atom. The van der Waals surface area contributed by atoms with Gasteiger partial charge < -0.3 is 0 Å². The molecule has 1 rings (SSSR count). The van der Waals surface area contributed by atoms with E-state index in [2.05, 4.69) is 4.99 Å². The maximum absolute atomic E-state index is 11.8. The van der Waals surface area contributed by atoms with Crippen molar-refractivity contribution in [2.24, 2.45) is 4.99 Å². The van der Waals surface area contributed by atoms with Gasteiger partial charge in [0.05, 0.1) is 11.3 Å². The summed E-state index contributed by atoms with van der Waals surface area (Å²) >= 11 is 0. The van der Waals surface area contributed by atoms with Gasteiger partial charge in [-0.3, -0.25) is 0 Å². The summed E-state index contributed by atoms with van der Waals surface area (Å²) in [7, 11) is -0.325. The topological polar surface area (TPSA) is 66.8 Å². The minimum Gasteiger partial charge on any atom is -0.212 e. The molecule has 1 saturated carbocycles. The van der Waals surface area contributed by atoms with Crippen LogP contribution in [-0.4, -0.2) is 44.2 Å². The molecular weight excluding hydrogens is 228 g/mol. The highest BCUT2D eigenvalue weighted by Crippen LogP contribution is 2.33. The molecule has 16 heavy (non-hydrogen) atoms. The Bertz CT molecular complexity index is 377. The van der Waals surface area contributed by atoms with Crippen LogP contribution in [0.1, 0.15) is 32.1 Å². The van der Waals surface area contributed by atoms with Crippen LogP contribution in [0.5, 0.6) is 0 Å². The van der Waals surface area contributed by atoms with Gasteiger partial charge in [0.2, 0.25) is 16.1 Å². The third kappa shape index (κ3) is 3.14. The van der Waals surface area contributed by atoms with Gasteiger partial charge in [-0.1, -0.05) is 19.3 Å². The van der Waals surface area contributed by atoms with Crippen molar-refractivity contribution in [2.75, 3.05) is 19.8 Å². The maximum Gasteiger partial charge on any atom is 0.235 e. The van der Waals surface area contributed by atoms with Gasteiger partial charge in [0.25, 0.3) is 0 Å². The lowest BCUT2D eigenvalue weighted by atomic mass is 9.84. The number of hydrogen-bond acceptors (Lipinski definition) is 4. The molecule has 0 saturated heterocycles. The zero-order valence-corrected chi connectivity index (χ0v) is 10.6. The van der Waals surface area contributed by atoms with E-state index >= 15 is 0 Å². The van der Waals surface area contributed by atoms with Gasteiger partial charge in [-0.25, -0.2) is 17.5 Å². The normalized spacial score (nSPS) is 20.4. The highest BCUT2D eigenvalue weighted by Gasteiger charge is 2.37. The van der Waals surface area contributed by atoms with Crippen molar-refractivity contribution < 1.29 is 13.2 Å². The first kappa shape index (κ1) is 13.4. The second kappa shape index (κ2) is 5.08. The quantitative estimate of drug-likeness (QED) is 0.547. The van der Waals surface area contributed by atoms with Crippen molar-refractivity contribution in [1.82, 2.24) is 4.31 Å². The van der Waals surface area contributed by atoms with Crippen molar-refractivity contribution in [3.05, 3.63) is 0 Å². The molecule has 0 aliphatic heterocycles. The van der Waals surface area contributed by atoms with Crippen LogP contribution in [0.3, 0.4) is 0 Å². The molecule has 0 heterocycles. The van der Waals surface area contributed by atoms with Crippen molar-refractivity contribution in [3.8, 4) is 0 Å². The minimum absolute atomic E-state index is 0.0811. The molecule has 1 fully saturated rings. The van der Waals surface area contributed by atoms with Gasteiger partial charge in [-0.2, -0.15) is 4.99 Å². The first-order valence-electron chi connectivity index (χ1n) is 5.41. The Labute approximate surface area is 96.6 Å². The molecule has 0 aromatic carbocycles. The Morgan fingerprint density at radius 3 is 2.25 bits per heavy atom. The van der Waals surface area contributed by atoms with E-state index < -0.39 is 15.6 Å². The number of hydrogen-bond donors (Lipinski definition) is 0. The van der Waals surface area contributed by atoms with Crippen molar-refractivity contribution in [1.29, 1.82) is 0 Å². The number of isocyanates is 1. The minimum atomic E-state index is -3.32. The summed E-state index contributed by atoms with van der Waals surface area (Å²) in [4.78, 5) is 14.2. The second-order valence-corrected chi connectivity index (χ2v) is 6.71. The zero-order chi connectivity index (χ0) is 12.2. The fourth-order valence-electron chi connectivity index (χ4n) is 2.06. The summed E-state index contributed by atoms with van der Waals surface area (Å²) in [6, 6.07) is 0. The zero-order valence-electron chi connectivity index (χ0n) is 9.77. The van der Waals surface area contributed by atoms with Crippen molar-refractivity contribution in [3.63, 3.8) is 0 Å². The first-order chi connectivity index (χ1) is 7.42. The smallest absolute Gasteiger partial charge is 0.212 e. The number of rotatable bonds is 4. The predicted octanol–water partition coefficient (Wildman–Crippen LogP) is 0.916. The van der Waals surface area contributed by atoms with Crippen molar-refractivity contribution in [2.45, 2.75) is 37.6 Å². The number of aliphatic imine (C=N–C) groups is 1. The molecule has 6 heteroatoms. The van der Waals surface area contributed by atoms with Crippen LogP contribution >= 0.6 is 0 Å². The SMILES string of the molecule is CN(C)S(=O)(=O)CC1(N=C=O)CCCCC1. The van der Waals surface area contributed by atoms with Crippen LogP contribution in [0.15, 0.2) is 4.99 Å². The molecule has 5 nitrogen and oxygen atoms in total. The summed E-state index contributed by atoms with van der Waals surface area (Å²) < 4.78 is 24.8. The van der Waals surface area contributed by atoms with Gasteiger partial charge in [0.15, 0.2) is 0 Å². The molecule has 0 atom stereocenters. The van der Waals surface area contributed by atoms with E-state index in [-0.39, 0.29) is 5.75 Å². The fraction of sp³-hybridized carbons (Fsp3) is 0.900. The lowest BCUT2D eigenvalue weighted by Crippen LogP contribution is -2.41. The number of carbonyl (C=O) groups excluding carboxylic acids is 1. The molecule has 92 valence electrons. The van der Waals surface area contributed by atoms with Crippen LogP contribution < -0.4 is 0 Å². The van der Waals surface area contributed by atoms with Gasteiger partial charge >= 0.3 is 0 Å². The van der Waals surface area contributed by atoms with Crippen LogP contribution in [0, 0.1) is 0 Å². The molecule has 0 amide bonds. The van der Waals surface area contributed by atoms with E-state index in [0.29, 0.717) is 12.8 Å². The average Bonchev–Trinajstić information content (AvgIpc) is 2.18. The van der Waals surface area contributed by atoms with E-state index in [0.717, 1.165) is 19.3 Å². The van der Waals surface area contributed by atoms with Gasteiger partial charge in [0, 0.05) is 14.1 Å². The molecule has 0 aromatic heterocycles. The highest BCUT2D eigenvalue weighted by atomic mass is 32.2. The van der Waals surface area contributed by atoms with Gasteiger partial charge in [0.1, 0.15) is 0 Å². The lowest BCUT2D eigenvalue weighted by Gasteiger charge is -2.32. The summed E-state index contributed by atoms with van der Waals surface area (Å²) in [6.07, 6.45) is 5.79. The van der Waals surface area contributed by atoms with Gasteiger partial charge in [-0.05, 0) is 12.8 Å². The summed E-state index contributed by atoms with van der Waals surface area (Å²) in [5.74, 6) is -0.0811. The Morgan fingerprint density at radius 1 is 1.25 bits per heavy atom. The van der Waals surface area contributed by atoms with Crippen LogP contribution in [-0.2, 0) is 14.8 Å². The largest absolute Gasteiger partial charge is 0.235 e. The van der Waals surface area contributed by atoms with E-state index in [1.807, 2.05) is 0 Å². The molecular formula is C10H18N2O3S. The standard InChI is InChI=1S/C10H18N2O3S/c1-12(2)16(14,15)8-10(11-9-13)6-4-3-5-7-10/h3-8H2,1-2H3. The molecule has 0 N–H and O–H groups in total. The molecule has 0 unspecified atom stereocenters. The van der Waals surface area contributed by atoms with E-state index in [1.165, 1.54) is 24.5 Å². The van der Waals surface area contributed by atoms with Crippen LogP contribution in [0.4, 0.5) is 0 Å². The van der Waals surface area contributed by atoms with E-state index in [1.54, 1.807) is 0 Å². The lowest BCUT2D eigenvalue weighted by molar-refractivity contribution is 0.321. The second-order valence-electron chi connectivity index (χ2n) is 4.53. The Hall–Kier alpha value is -0.710. The first-order valence-corrected chi connectivity index (χ1v) is 7.02. The third-order valence-corrected chi connectivity index (χ3v) is 5.09. The maximum atomic E-state index is 11.8. The molecule has 0 spiro atoms. The third-order valence-electron chi connectivity index (χ3n) is 3.07. The monoisotopic (exact) mass is 246 g/mol. The summed E-state index contributed by atoms with van der Waals surface area (Å²) in [6.45, 7) is 0. The van der Waals surface area contributed by atoms with Gasteiger partial charge in [-0.15, -0.1) is 0 Å².